The SMILES string of the molecule is CCCCCCCCCCCCCCCCOc1cccc(CN(C(C)=O)c2cccc(Cc3ncc4ccccn34)c2)c1. The van der Waals surface area contributed by atoms with Crippen LogP contribution in [0.1, 0.15) is 121 Å². The lowest BCUT2D eigenvalue weighted by Crippen LogP contribution is -2.27. The summed E-state index contributed by atoms with van der Waals surface area (Å²) in [5, 5.41) is 0. The van der Waals surface area contributed by atoms with Crippen LogP contribution < -0.4 is 9.64 Å². The van der Waals surface area contributed by atoms with E-state index in [0.717, 1.165) is 46.9 Å². The second-order valence-electron chi connectivity index (χ2n) is 12.2. The van der Waals surface area contributed by atoms with Crippen molar-refractivity contribution in [2.24, 2.45) is 0 Å². The maximum absolute atomic E-state index is 12.7. The standard InChI is InChI=1S/C39H53N3O2/c1-3-4-5-6-7-8-9-10-11-12-13-14-15-18-27-44-38-25-20-22-35(29-38)32-42(33(2)43)36-24-19-21-34(28-36)30-39-40-31-37-23-16-17-26-41(37)39/h16-17,19-26,28-29,31H,3-15,18,27,30,32H2,1-2H3. The molecule has 0 aliphatic heterocycles. The van der Waals surface area contributed by atoms with Crippen LogP contribution in [0, 0.1) is 0 Å². The number of carbonyl (C=O) groups excluding carboxylic acids is 1. The zero-order chi connectivity index (χ0) is 30.8. The van der Waals surface area contributed by atoms with E-state index < -0.39 is 0 Å². The zero-order valence-electron chi connectivity index (χ0n) is 27.2. The number of nitrogens with zero attached hydrogens (tertiary/aromatic N) is 3. The van der Waals surface area contributed by atoms with Crippen LogP contribution in [0.25, 0.3) is 5.52 Å². The van der Waals surface area contributed by atoms with Crippen molar-refractivity contribution in [2.45, 2.75) is 117 Å². The van der Waals surface area contributed by atoms with Gasteiger partial charge in [0.2, 0.25) is 5.91 Å². The molecule has 0 spiro atoms. The van der Waals surface area contributed by atoms with Crippen molar-refractivity contribution < 1.29 is 9.53 Å². The number of imidazole rings is 1. The Morgan fingerprint density at radius 2 is 1.41 bits per heavy atom. The summed E-state index contributed by atoms with van der Waals surface area (Å²) in [6, 6.07) is 22.5. The molecule has 0 aliphatic carbocycles. The Morgan fingerprint density at radius 3 is 2.11 bits per heavy atom. The molecule has 0 atom stereocenters. The van der Waals surface area contributed by atoms with Gasteiger partial charge in [0.1, 0.15) is 11.6 Å². The average molecular weight is 596 g/mol. The van der Waals surface area contributed by atoms with Gasteiger partial charge in [-0.15, -0.1) is 0 Å². The fraction of sp³-hybridized carbons (Fsp3) is 0.487. The number of carbonyl (C=O) groups is 1. The van der Waals surface area contributed by atoms with E-state index in [0.29, 0.717) is 13.0 Å². The van der Waals surface area contributed by atoms with Gasteiger partial charge in [0.05, 0.1) is 24.9 Å². The summed E-state index contributed by atoms with van der Waals surface area (Å²) in [6.07, 6.45) is 23.6. The third-order valence-electron chi connectivity index (χ3n) is 8.49. The number of rotatable bonds is 21. The summed E-state index contributed by atoms with van der Waals surface area (Å²) in [4.78, 5) is 19.2. The van der Waals surface area contributed by atoms with Gasteiger partial charge >= 0.3 is 0 Å². The highest BCUT2D eigenvalue weighted by Crippen LogP contribution is 2.23. The van der Waals surface area contributed by atoms with E-state index in [1.165, 1.54) is 83.5 Å². The van der Waals surface area contributed by atoms with E-state index in [1.54, 1.807) is 6.92 Å². The summed E-state index contributed by atoms with van der Waals surface area (Å²) in [6.45, 7) is 5.15. The van der Waals surface area contributed by atoms with Crippen LogP contribution in [0.2, 0.25) is 0 Å². The normalized spacial score (nSPS) is 11.2. The highest BCUT2D eigenvalue weighted by molar-refractivity contribution is 5.91. The molecule has 1 amide bonds. The van der Waals surface area contributed by atoms with Crippen molar-refractivity contribution in [3.63, 3.8) is 0 Å². The molecule has 0 N–H and O–H groups in total. The van der Waals surface area contributed by atoms with Crippen molar-refractivity contribution in [3.05, 3.63) is 96.1 Å². The number of aromatic nitrogens is 2. The Kier molecular flexibility index (Phi) is 14.3. The van der Waals surface area contributed by atoms with Crippen LogP contribution in [0.4, 0.5) is 5.69 Å². The fourth-order valence-electron chi connectivity index (χ4n) is 5.93. The highest BCUT2D eigenvalue weighted by atomic mass is 16.5. The summed E-state index contributed by atoms with van der Waals surface area (Å²) < 4.78 is 8.21. The molecular weight excluding hydrogens is 542 g/mol. The Bertz CT molecular complexity index is 1390. The molecule has 2 aromatic carbocycles. The molecule has 0 aliphatic rings. The Hall–Kier alpha value is -3.60. The first-order valence-corrected chi connectivity index (χ1v) is 17.1. The molecule has 4 aromatic rings. The lowest BCUT2D eigenvalue weighted by atomic mass is 10.0. The second kappa shape index (κ2) is 18.9. The lowest BCUT2D eigenvalue weighted by molar-refractivity contribution is -0.116. The van der Waals surface area contributed by atoms with Gasteiger partial charge in [0.25, 0.3) is 0 Å². The lowest BCUT2D eigenvalue weighted by Gasteiger charge is -2.22. The minimum absolute atomic E-state index is 0.0159. The van der Waals surface area contributed by atoms with Crippen LogP contribution in [0.3, 0.4) is 0 Å². The zero-order valence-corrected chi connectivity index (χ0v) is 27.2. The topological polar surface area (TPSA) is 46.8 Å². The van der Waals surface area contributed by atoms with E-state index >= 15 is 0 Å². The van der Waals surface area contributed by atoms with Crippen molar-refractivity contribution >= 4 is 17.1 Å². The second-order valence-corrected chi connectivity index (χ2v) is 12.2. The molecule has 0 fully saturated rings. The Morgan fingerprint density at radius 1 is 0.750 bits per heavy atom. The van der Waals surface area contributed by atoms with Gasteiger partial charge in [-0.05, 0) is 53.9 Å². The molecule has 0 saturated carbocycles. The van der Waals surface area contributed by atoms with Crippen LogP contribution in [-0.2, 0) is 17.8 Å². The molecule has 5 heteroatoms. The predicted molar refractivity (Wildman–Crippen MR) is 184 cm³/mol. The van der Waals surface area contributed by atoms with E-state index in [9.17, 15) is 4.79 Å². The number of pyridine rings is 1. The van der Waals surface area contributed by atoms with Crippen molar-refractivity contribution in [1.29, 1.82) is 0 Å². The molecule has 2 heterocycles. The van der Waals surface area contributed by atoms with Gasteiger partial charge in [0, 0.05) is 25.2 Å². The first kappa shape index (κ1) is 33.3. The van der Waals surface area contributed by atoms with Crippen LogP contribution in [0.15, 0.2) is 79.1 Å². The summed E-state index contributed by atoms with van der Waals surface area (Å²) in [5.74, 6) is 1.87. The van der Waals surface area contributed by atoms with Crippen molar-refractivity contribution in [2.75, 3.05) is 11.5 Å². The molecule has 0 unspecified atom stereocenters. The maximum atomic E-state index is 12.7. The summed E-state index contributed by atoms with van der Waals surface area (Å²) in [5.41, 5.74) is 4.15. The fourth-order valence-corrected chi connectivity index (χ4v) is 5.93. The van der Waals surface area contributed by atoms with Gasteiger partial charge in [-0.1, -0.05) is 121 Å². The van der Waals surface area contributed by atoms with Crippen LogP contribution >= 0.6 is 0 Å². The van der Waals surface area contributed by atoms with Gasteiger partial charge in [-0.25, -0.2) is 4.98 Å². The van der Waals surface area contributed by atoms with E-state index in [2.05, 4.69) is 46.6 Å². The minimum atomic E-state index is 0.0159. The van der Waals surface area contributed by atoms with Gasteiger partial charge in [-0.3, -0.25) is 4.79 Å². The van der Waals surface area contributed by atoms with Crippen LogP contribution in [0.5, 0.6) is 5.75 Å². The van der Waals surface area contributed by atoms with Gasteiger partial charge in [-0.2, -0.15) is 0 Å². The average Bonchev–Trinajstić information content (AvgIpc) is 3.44. The van der Waals surface area contributed by atoms with Crippen molar-refractivity contribution in [3.8, 4) is 5.75 Å². The molecule has 2 aromatic heterocycles. The molecule has 0 radical (unpaired) electrons. The Balaban J connectivity index is 1.16. The summed E-state index contributed by atoms with van der Waals surface area (Å²) in [7, 11) is 0. The first-order valence-electron chi connectivity index (χ1n) is 17.1. The number of unbranched alkanes of at least 4 members (excludes halogenated alkanes) is 13. The Labute approximate surface area is 265 Å². The van der Waals surface area contributed by atoms with E-state index in [-0.39, 0.29) is 5.91 Å². The molecule has 4 rings (SSSR count). The number of hydrogen-bond donors (Lipinski definition) is 0. The van der Waals surface area contributed by atoms with Crippen molar-refractivity contribution in [1.82, 2.24) is 9.38 Å². The summed E-state index contributed by atoms with van der Waals surface area (Å²) >= 11 is 0. The van der Waals surface area contributed by atoms with Gasteiger partial charge in [0.15, 0.2) is 0 Å². The molecule has 236 valence electrons. The number of fused-ring (bicyclic) bond motifs is 1. The molecule has 0 bridgehead atoms. The third-order valence-corrected chi connectivity index (χ3v) is 8.49. The quantitative estimate of drug-likeness (QED) is 0.0900. The molecular formula is C39H53N3O2. The minimum Gasteiger partial charge on any atom is -0.494 e. The van der Waals surface area contributed by atoms with Crippen LogP contribution in [-0.4, -0.2) is 21.9 Å². The number of hydrogen-bond acceptors (Lipinski definition) is 3. The first-order chi connectivity index (χ1) is 21.6. The molecule has 0 saturated heterocycles. The largest absolute Gasteiger partial charge is 0.494 e. The smallest absolute Gasteiger partial charge is 0.224 e. The number of benzene rings is 2. The van der Waals surface area contributed by atoms with E-state index in [1.807, 2.05) is 53.7 Å². The maximum Gasteiger partial charge on any atom is 0.224 e. The monoisotopic (exact) mass is 595 g/mol. The highest BCUT2D eigenvalue weighted by Gasteiger charge is 2.14. The number of amides is 1. The molecule has 5 nitrogen and oxygen atoms in total. The predicted octanol–water partition coefficient (Wildman–Crippen LogP) is 10.3. The van der Waals surface area contributed by atoms with Gasteiger partial charge < -0.3 is 14.0 Å². The number of ether oxygens (including phenoxy) is 1. The third kappa shape index (κ3) is 11.2. The number of anilines is 1. The molecule has 44 heavy (non-hydrogen) atoms. The van der Waals surface area contributed by atoms with E-state index in [4.69, 9.17) is 4.74 Å².